The van der Waals surface area contributed by atoms with Crippen molar-refractivity contribution in [2.24, 2.45) is 0 Å². The highest BCUT2D eigenvalue weighted by atomic mass is 32.2. The van der Waals surface area contributed by atoms with Gasteiger partial charge in [-0.25, -0.2) is 12.4 Å². The quantitative estimate of drug-likeness (QED) is 0.304. The lowest BCUT2D eigenvalue weighted by Gasteiger charge is -2.34. The number of rotatable bonds is 7. The minimum Gasteiger partial charge on any atom is -0.379 e. The second-order valence-corrected chi connectivity index (χ2v) is 13.0. The monoisotopic (exact) mass is 558 g/mol. The molecule has 2 saturated heterocycles. The average molecular weight is 559 g/mol. The van der Waals surface area contributed by atoms with Crippen LogP contribution in [-0.4, -0.2) is 72.6 Å². The van der Waals surface area contributed by atoms with Gasteiger partial charge in [-0.2, -0.15) is 0 Å². The minimum absolute atomic E-state index is 0.280. The Hall–Kier alpha value is -3.04. The van der Waals surface area contributed by atoms with Crippen LogP contribution in [0.25, 0.3) is 22.2 Å². The second-order valence-electron chi connectivity index (χ2n) is 11.2. The Labute approximate surface area is 237 Å². The predicted octanol–water partition coefficient (Wildman–Crippen LogP) is 5.36. The first-order valence-electron chi connectivity index (χ1n) is 14.4. The minimum atomic E-state index is -3.81. The van der Waals surface area contributed by atoms with Crippen molar-refractivity contribution in [3.05, 3.63) is 84.2 Å². The number of hydrogen-bond acceptors (Lipinski definition) is 6. The van der Waals surface area contributed by atoms with E-state index in [4.69, 9.17) is 9.72 Å². The SMILES string of the molecule is CC(C)N1CCC(c2ccc(-c3nccc4c3cc(CN3CCOCC3)n4S(=O)(=O)c3ccccc3)cc2)CC1. The van der Waals surface area contributed by atoms with Crippen LogP contribution >= 0.6 is 0 Å². The number of nitrogens with zero attached hydrogens (tertiary/aromatic N) is 4. The van der Waals surface area contributed by atoms with Crippen molar-refractivity contribution in [2.45, 2.75) is 50.1 Å². The van der Waals surface area contributed by atoms with E-state index in [-0.39, 0.29) is 4.90 Å². The molecule has 0 atom stereocenters. The molecule has 4 heterocycles. The van der Waals surface area contributed by atoms with Gasteiger partial charge in [0.25, 0.3) is 10.0 Å². The van der Waals surface area contributed by atoms with E-state index in [9.17, 15) is 8.42 Å². The third-order valence-corrected chi connectivity index (χ3v) is 10.2. The normalized spacial score (nSPS) is 18.1. The van der Waals surface area contributed by atoms with Gasteiger partial charge in [0.15, 0.2) is 0 Å². The zero-order valence-electron chi connectivity index (χ0n) is 23.4. The zero-order chi connectivity index (χ0) is 27.7. The second kappa shape index (κ2) is 11.4. The molecule has 0 unspecified atom stereocenters. The van der Waals surface area contributed by atoms with Gasteiger partial charge in [-0.3, -0.25) is 9.88 Å². The molecule has 0 bridgehead atoms. The Morgan fingerprint density at radius 3 is 2.30 bits per heavy atom. The zero-order valence-corrected chi connectivity index (χ0v) is 24.2. The van der Waals surface area contributed by atoms with Gasteiger partial charge in [0, 0.05) is 48.5 Å². The topological polar surface area (TPSA) is 67.7 Å². The summed E-state index contributed by atoms with van der Waals surface area (Å²) in [6.45, 7) is 10.2. The molecule has 210 valence electrons. The fourth-order valence-electron chi connectivity index (χ4n) is 6.13. The molecule has 0 aliphatic carbocycles. The molecule has 7 nitrogen and oxygen atoms in total. The van der Waals surface area contributed by atoms with Crippen LogP contribution in [0.2, 0.25) is 0 Å². The summed E-state index contributed by atoms with van der Waals surface area (Å²) < 4.78 is 35.1. The average Bonchev–Trinajstić information content (AvgIpc) is 3.37. The van der Waals surface area contributed by atoms with Gasteiger partial charge in [0.2, 0.25) is 0 Å². The first-order chi connectivity index (χ1) is 19.4. The fourth-order valence-corrected chi connectivity index (χ4v) is 7.68. The smallest absolute Gasteiger partial charge is 0.268 e. The Bertz CT molecular complexity index is 1550. The Morgan fingerprint density at radius 2 is 1.62 bits per heavy atom. The number of benzene rings is 2. The summed E-state index contributed by atoms with van der Waals surface area (Å²) in [4.78, 5) is 9.84. The maximum Gasteiger partial charge on any atom is 0.268 e. The molecular formula is C32H38N4O3S. The van der Waals surface area contributed by atoms with E-state index in [2.05, 4.69) is 47.9 Å². The molecular weight excluding hydrogens is 520 g/mol. The van der Waals surface area contributed by atoms with E-state index in [1.165, 1.54) is 22.4 Å². The van der Waals surface area contributed by atoms with E-state index in [0.717, 1.165) is 48.5 Å². The summed E-state index contributed by atoms with van der Waals surface area (Å²) in [5, 5.41) is 0.850. The molecule has 0 radical (unpaired) electrons. The maximum absolute atomic E-state index is 14.0. The largest absolute Gasteiger partial charge is 0.379 e. The van der Waals surface area contributed by atoms with Crippen molar-refractivity contribution >= 4 is 20.9 Å². The molecule has 4 aromatic rings. The standard InChI is InChI=1S/C32H38N4O3S/c1-24(2)35-16-13-26(14-17-35)25-8-10-27(11-9-25)32-30-22-28(23-34-18-20-39-21-19-34)36(31(30)12-15-33-32)40(37,38)29-6-4-3-5-7-29/h3-12,15,22,24,26H,13-14,16-21,23H2,1-2H3. The van der Waals surface area contributed by atoms with Crippen molar-refractivity contribution < 1.29 is 13.2 Å². The van der Waals surface area contributed by atoms with Crippen molar-refractivity contribution in [2.75, 3.05) is 39.4 Å². The third-order valence-electron chi connectivity index (χ3n) is 8.44. The molecule has 0 saturated carbocycles. The van der Waals surface area contributed by atoms with Crippen molar-refractivity contribution in [1.29, 1.82) is 0 Å². The van der Waals surface area contributed by atoms with Crippen LogP contribution in [0.1, 0.15) is 43.9 Å². The van der Waals surface area contributed by atoms with Crippen LogP contribution in [0.3, 0.4) is 0 Å². The number of hydrogen-bond donors (Lipinski definition) is 0. The van der Waals surface area contributed by atoms with Gasteiger partial charge < -0.3 is 9.64 Å². The van der Waals surface area contributed by atoms with Crippen LogP contribution in [-0.2, 0) is 21.3 Å². The summed E-state index contributed by atoms with van der Waals surface area (Å²) >= 11 is 0. The van der Waals surface area contributed by atoms with Crippen molar-refractivity contribution in [3.8, 4) is 11.3 Å². The highest BCUT2D eigenvalue weighted by Crippen LogP contribution is 2.35. The Balaban J connectivity index is 1.38. The summed E-state index contributed by atoms with van der Waals surface area (Å²) in [7, 11) is -3.81. The summed E-state index contributed by atoms with van der Waals surface area (Å²) in [6.07, 6.45) is 4.08. The number of fused-ring (bicyclic) bond motifs is 1. The Morgan fingerprint density at radius 1 is 0.925 bits per heavy atom. The highest BCUT2D eigenvalue weighted by molar-refractivity contribution is 7.90. The van der Waals surface area contributed by atoms with Gasteiger partial charge in [0.05, 0.1) is 29.3 Å². The van der Waals surface area contributed by atoms with Crippen LogP contribution in [0.4, 0.5) is 0 Å². The third kappa shape index (κ3) is 5.33. The summed E-state index contributed by atoms with van der Waals surface area (Å²) in [6, 6.07) is 21.9. The number of piperidine rings is 1. The van der Waals surface area contributed by atoms with E-state index in [0.29, 0.717) is 37.2 Å². The molecule has 2 aromatic carbocycles. The summed E-state index contributed by atoms with van der Waals surface area (Å²) in [5.41, 5.74) is 4.58. The molecule has 2 aliphatic heterocycles. The van der Waals surface area contributed by atoms with E-state index >= 15 is 0 Å². The van der Waals surface area contributed by atoms with Gasteiger partial charge in [-0.05, 0) is 75.5 Å². The molecule has 0 N–H and O–H groups in total. The van der Waals surface area contributed by atoms with Gasteiger partial charge in [-0.1, -0.05) is 42.5 Å². The number of aromatic nitrogens is 2. The molecule has 0 spiro atoms. The van der Waals surface area contributed by atoms with Crippen LogP contribution < -0.4 is 0 Å². The number of morpholine rings is 1. The van der Waals surface area contributed by atoms with Crippen molar-refractivity contribution in [3.63, 3.8) is 0 Å². The fraction of sp³-hybridized carbons (Fsp3) is 0.406. The molecule has 2 aliphatic rings. The molecule has 2 fully saturated rings. The molecule has 40 heavy (non-hydrogen) atoms. The molecule has 0 amide bonds. The van der Waals surface area contributed by atoms with E-state index < -0.39 is 10.0 Å². The lowest BCUT2D eigenvalue weighted by Crippen LogP contribution is -2.37. The first-order valence-corrected chi connectivity index (χ1v) is 15.8. The van der Waals surface area contributed by atoms with Gasteiger partial charge in [0.1, 0.15) is 0 Å². The summed E-state index contributed by atoms with van der Waals surface area (Å²) in [5.74, 6) is 0.574. The van der Waals surface area contributed by atoms with Gasteiger partial charge in [-0.15, -0.1) is 0 Å². The molecule has 6 rings (SSSR count). The van der Waals surface area contributed by atoms with E-state index in [1.807, 2.05) is 18.2 Å². The lowest BCUT2D eigenvalue weighted by atomic mass is 9.88. The number of pyridine rings is 1. The van der Waals surface area contributed by atoms with Crippen LogP contribution in [0.15, 0.2) is 77.8 Å². The number of ether oxygens (including phenoxy) is 1. The van der Waals surface area contributed by atoms with E-state index in [1.54, 1.807) is 30.5 Å². The van der Waals surface area contributed by atoms with Crippen molar-refractivity contribution in [1.82, 2.24) is 18.8 Å². The highest BCUT2D eigenvalue weighted by Gasteiger charge is 2.27. The van der Waals surface area contributed by atoms with Crippen LogP contribution in [0.5, 0.6) is 0 Å². The molecule has 8 heteroatoms. The number of likely N-dealkylation sites (tertiary alicyclic amines) is 1. The predicted molar refractivity (Wildman–Crippen MR) is 159 cm³/mol. The maximum atomic E-state index is 14.0. The molecule has 2 aromatic heterocycles. The first kappa shape index (κ1) is 27.1. The van der Waals surface area contributed by atoms with Gasteiger partial charge >= 0.3 is 0 Å². The van der Waals surface area contributed by atoms with Crippen LogP contribution in [0, 0.1) is 0 Å². The lowest BCUT2D eigenvalue weighted by molar-refractivity contribution is 0.0336. The Kier molecular flexibility index (Phi) is 7.77.